The second kappa shape index (κ2) is 7.01. The predicted molar refractivity (Wildman–Crippen MR) is 108 cm³/mol. The lowest BCUT2D eigenvalue weighted by Crippen LogP contribution is -2.34. The van der Waals surface area contributed by atoms with E-state index in [1.54, 1.807) is 29.3 Å². The Bertz CT molecular complexity index is 1130. The highest BCUT2D eigenvalue weighted by Crippen LogP contribution is 2.49. The average Bonchev–Trinajstić information content (AvgIpc) is 3.16. The molecule has 0 aromatic heterocycles. The molecule has 3 aromatic rings. The summed E-state index contributed by atoms with van der Waals surface area (Å²) in [5.74, 6) is -0.0696. The molecule has 0 unspecified atom stereocenters. The molecular formula is C22H14Cl2F2N2O. The SMILES string of the molecule is Fc1ccc(C2=NN3[C@H](C2)c2cc(Cl)ccc2O[C@H]3c2cc(F)ccc2Cl)cc1. The summed E-state index contributed by atoms with van der Waals surface area (Å²) in [5.41, 5.74) is 2.97. The van der Waals surface area contributed by atoms with Gasteiger partial charge in [0.25, 0.3) is 0 Å². The van der Waals surface area contributed by atoms with Crippen molar-refractivity contribution in [2.75, 3.05) is 0 Å². The van der Waals surface area contributed by atoms with Gasteiger partial charge in [-0.25, -0.2) is 13.8 Å². The highest BCUT2D eigenvalue weighted by atomic mass is 35.5. The fourth-order valence-corrected chi connectivity index (χ4v) is 4.18. The van der Waals surface area contributed by atoms with Gasteiger partial charge >= 0.3 is 0 Å². The van der Waals surface area contributed by atoms with Crippen molar-refractivity contribution in [2.45, 2.75) is 18.7 Å². The quantitative estimate of drug-likeness (QED) is 0.462. The second-order valence-electron chi connectivity index (χ2n) is 6.97. The maximum absolute atomic E-state index is 14.0. The van der Waals surface area contributed by atoms with Crippen LogP contribution in [-0.4, -0.2) is 10.7 Å². The topological polar surface area (TPSA) is 24.8 Å². The highest BCUT2D eigenvalue weighted by molar-refractivity contribution is 6.31. The summed E-state index contributed by atoms with van der Waals surface area (Å²) in [5, 5.41) is 7.50. The minimum Gasteiger partial charge on any atom is -0.464 e. The van der Waals surface area contributed by atoms with E-state index in [1.807, 2.05) is 6.07 Å². The summed E-state index contributed by atoms with van der Waals surface area (Å²) < 4.78 is 33.5. The van der Waals surface area contributed by atoms with E-state index in [0.717, 1.165) is 16.8 Å². The van der Waals surface area contributed by atoms with Crippen molar-refractivity contribution >= 4 is 28.9 Å². The zero-order chi connectivity index (χ0) is 20.1. The Kier molecular flexibility index (Phi) is 4.45. The third-order valence-electron chi connectivity index (χ3n) is 5.15. The zero-order valence-electron chi connectivity index (χ0n) is 14.9. The monoisotopic (exact) mass is 430 g/mol. The van der Waals surface area contributed by atoms with Crippen LogP contribution in [0.5, 0.6) is 5.75 Å². The molecule has 7 heteroatoms. The van der Waals surface area contributed by atoms with E-state index in [9.17, 15) is 8.78 Å². The molecule has 0 amide bonds. The third kappa shape index (κ3) is 3.24. The lowest BCUT2D eigenvalue weighted by atomic mass is 9.96. The molecule has 0 spiro atoms. The van der Waals surface area contributed by atoms with Gasteiger partial charge in [0.05, 0.1) is 11.8 Å². The fourth-order valence-electron chi connectivity index (χ4n) is 3.78. The molecule has 0 saturated heterocycles. The van der Waals surface area contributed by atoms with Crippen LogP contribution in [0.4, 0.5) is 8.78 Å². The molecule has 0 bridgehead atoms. The Morgan fingerprint density at radius 2 is 1.66 bits per heavy atom. The van der Waals surface area contributed by atoms with Crippen LogP contribution in [0.25, 0.3) is 0 Å². The van der Waals surface area contributed by atoms with E-state index in [1.165, 1.54) is 30.3 Å². The Morgan fingerprint density at radius 1 is 0.897 bits per heavy atom. The number of halogens is 4. The molecular weight excluding hydrogens is 417 g/mol. The van der Waals surface area contributed by atoms with Crippen LogP contribution in [0.15, 0.2) is 65.8 Å². The predicted octanol–water partition coefficient (Wildman–Crippen LogP) is 6.51. The van der Waals surface area contributed by atoms with Crippen LogP contribution < -0.4 is 4.74 Å². The number of fused-ring (bicyclic) bond motifs is 3. The Morgan fingerprint density at radius 3 is 2.45 bits per heavy atom. The Hall–Kier alpha value is -2.63. The first-order chi connectivity index (χ1) is 14.0. The smallest absolute Gasteiger partial charge is 0.215 e. The van der Waals surface area contributed by atoms with Crippen LogP contribution in [0, 0.1) is 11.6 Å². The molecule has 2 aliphatic heterocycles. The summed E-state index contributed by atoms with van der Waals surface area (Å²) in [4.78, 5) is 0. The van der Waals surface area contributed by atoms with Crippen molar-refractivity contribution in [3.05, 3.63) is 99.0 Å². The van der Waals surface area contributed by atoms with Crippen molar-refractivity contribution in [1.82, 2.24) is 5.01 Å². The van der Waals surface area contributed by atoms with Gasteiger partial charge in [-0.05, 0) is 54.1 Å². The van der Waals surface area contributed by atoms with Gasteiger partial charge in [-0.3, -0.25) is 0 Å². The molecule has 0 radical (unpaired) electrons. The first-order valence-corrected chi connectivity index (χ1v) is 9.78. The molecule has 5 rings (SSSR count). The molecule has 29 heavy (non-hydrogen) atoms. The number of hydrogen-bond acceptors (Lipinski definition) is 3. The standard InChI is InChI=1S/C22H14Cl2F2N2O/c23-13-3-8-21-17(9-13)20-11-19(12-1-4-14(25)5-2-12)27-28(20)22(29-21)16-10-15(26)6-7-18(16)24/h1-10,20,22H,11H2/t20-,22+/m1/s1. The fraction of sp³-hybridized carbons (Fsp3) is 0.136. The van der Waals surface area contributed by atoms with Crippen molar-refractivity contribution in [3.8, 4) is 5.75 Å². The number of rotatable bonds is 2. The van der Waals surface area contributed by atoms with Gasteiger partial charge < -0.3 is 4.74 Å². The van der Waals surface area contributed by atoms with Gasteiger partial charge in [0.1, 0.15) is 17.4 Å². The minimum absolute atomic E-state index is 0.165. The molecule has 2 atom stereocenters. The van der Waals surface area contributed by atoms with E-state index < -0.39 is 12.0 Å². The molecule has 0 aliphatic carbocycles. The molecule has 0 N–H and O–H groups in total. The second-order valence-corrected chi connectivity index (χ2v) is 7.82. The molecule has 2 aliphatic rings. The Balaban J connectivity index is 1.63. The average molecular weight is 431 g/mol. The molecule has 146 valence electrons. The van der Waals surface area contributed by atoms with Crippen LogP contribution in [0.2, 0.25) is 10.0 Å². The maximum atomic E-state index is 14.0. The summed E-state index contributed by atoms with van der Waals surface area (Å²) in [6.45, 7) is 0. The molecule has 3 aromatic carbocycles. The first kappa shape index (κ1) is 18.4. The van der Waals surface area contributed by atoms with Crippen molar-refractivity contribution in [3.63, 3.8) is 0 Å². The van der Waals surface area contributed by atoms with Crippen molar-refractivity contribution in [1.29, 1.82) is 0 Å². The van der Waals surface area contributed by atoms with Gasteiger partial charge in [0, 0.05) is 27.6 Å². The molecule has 0 saturated carbocycles. The number of nitrogens with zero attached hydrogens (tertiary/aromatic N) is 2. The summed E-state index contributed by atoms with van der Waals surface area (Å²) in [6, 6.07) is 15.6. The van der Waals surface area contributed by atoms with E-state index in [-0.39, 0.29) is 11.9 Å². The largest absolute Gasteiger partial charge is 0.464 e. The number of hydrogen-bond donors (Lipinski definition) is 0. The van der Waals surface area contributed by atoms with E-state index in [4.69, 9.17) is 33.0 Å². The number of hydrazone groups is 1. The van der Waals surface area contributed by atoms with E-state index >= 15 is 0 Å². The number of ether oxygens (including phenoxy) is 1. The maximum Gasteiger partial charge on any atom is 0.215 e. The van der Waals surface area contributed by atoms with Gasteiger partial charge in [-0.2, -0.15) is 5.10 Å². The highest BCUT2D eigenvalue weighted by Gasteiger charge is 2.41. The van der Waals surface area contributed by atoms with Gasteiger partial charge in [-0.1, -0.05) is 35.3 Å². The Labute approximate surface area is 176 Å². The van der Waals surface area contributed by atoms with Crippen molar-refractivity contribution in [2.24, 2.45) is 5.10 Å². The van der Waals surface area contributed by atoms with Gasteiger partial charge in [-0.15, -0.1) is 0 Å². The summed E-state index contributed by atoms with van der Waals surface area (Å²) >= 11 is 12.6. The lowest BCUT2D eigenvalue weighted by Gasteiger charge is -2.38. The minimum atomic E-state index is -0.699. The first-order valence-electron chi connectivity index (χ1n) is 9.02. The normalized spacial score (nSPS) is 20.0. The van der Waals surface area contributed by atoms with Crippen LogP contribution in [0.1, 0.15) is 35.4 Å². The summed E-state index contributed by atoms with van der Waals surface area (Å²) in [6.07, 6.45) is -0.124. The third-order valence-corrected chi connectivity index (χ3v) is 5.73. The van der Waals surface area contributed by atoms with E-state index in [0.29, 0.717) is 27.8 Å². The van der Waals surface area contributed by atoms with Crippen LogP contribution >= 0.6 is 23.2 Å². The molecule has 3 nitrogen and oxygen atoms in total. The van der Waals surface area contributed by atoms with Crippen LogP contribution in [-0.2, 0) is 0 Å². The van der Waals surface area contributed by atoms with E-state index in [2.05, 4.69) is 0 Å². The van der Waals surface area contributed by atoms with Crippen molar-refractivity contribution < 1.29 is 13.5 Å². The van der Waals surface area contributed by atoms with Gasteiger partial charge in [0.15, 0.2) is 0 Å². The summed E-state index contributed by atoms with van der Waals surface area (Å²) in [7, 11) is 0. The molecule has 0 fully saturated rings. The zero-order valence-corrected chi connectivity index (χ0v) is 16.5. The van der Waals surface area contributed by atoms with Crippen LogP contribution in [0.3, 0.4) is 0 Å². The molecule has 2 heterocycles. The lowest BCUT2D eigenvalue weighted by molar-refractivity contribution is -0.0191. The number of benzene rings is 3. The van der Waals surface area contributed by atoms with Gasteiger partial charge in [0.2, 0.25) is 6.23 Å².